The molecular weight excluding hydrogens is 232 g/mol. The van der Waals surface area contributed by atoms with Gasteiger partial charge in [0.25, 0.3) is 0 Å². The molecule has 0 fully saturated rings. The van der Waals surface area contributed by atoms with Crippen molar-refractivity contribution in [2.45, 2.75) is 104 Å². The van der Waals surface area contributed by atoms with E-state index in [1.165, 1.54) is 83.5 Å². The summed E-state index contributed by atoms with van der Waals surface area (Å²) in [4.78, 5) is 0. The van der Waals surface area contributed by atoms with E-state index < -0.39 is 0 Å². The third-order valence-electron chi connectivity index (χ3n) is 4.30. The third kappa shape index (κ3) is 14.2. The maximum Gasteiger partial charge on any atom is 0.0459 e. The van der Waals surface area contributed by atoms with Crippen LogP contribution in [0.4, 0.5) is 0 Å². The predicted molar refractivity (Wildman–Crippen MR) is 86.6 cm³/mol. The van der Waals surface area contributed by atoms with Crippen LogP contribution < -0.4 is 0 Å². The Morgan fingerprint density at radius 3 is 1.42 bits per heavy atom. The van der Waals surface area contributed by atoms with Crippen LogP contribution in [0.2, 0.25) is 0 Å². The van der Waals surface area contributed by atoms with Gasteiger partial charge in [-0.25, -0.2) is 0 Å². The highest BCUT2D eigenvalue weighted by molar-refractivity contribution is 4.55. The lowest BCUT2D eigenvalue weighted by Crippen LogP contribution is -2.03. The first-order chi connectivity index (χ1) is 9.35. The Balaban J connectivity index is 3.02. The van der Waals surface area contributed by atoms with Gasteiger partial charge in [0, 0.05) is 6.61 Å². The van der Waals surface area contributed by atoms with Crippen molar-refractivity contribution in [1.29, 1.82) is 0 Å². The van der Waals surface area contributed by atoms with E-state index in [4.69, 9.17) is 5.11 Å². The Morgan fingerprint density at radius 2 is 1.05 bits per heavy atom. The molecule has 0 aliphatic carbocycles. The van der Waals surface area contributed by atoms with Gasteiger partial charge in [-0.15, -0.1) is 0 Å². The molecule has 0 radical (unpaired) electrons. The minimum absolute atomic E-state index is 0.383. The summed E-state index contributed by atoms with van der Waals surface area (Å²) in [5.74, 6) is 0.558. The predicted octanol–water partition coefficient (Wildman–Crippen LogP) is 6.10. The summed E-state index contributed by atoms with van der Waals surface area (Å²) in [6, 6.07) is 0. The second kappa shape index (κ2) is 16.0. The van der Waals surface area contributed by atoms with Crippen molar-refractivity contribution in [3.8, 4) is 0 Å². The zero-order valence-corrected chi connectivity index (χ0v) is 13.6. The second-order valence-electron chi connectivity index (χ2n) is 6.13. The summed E-state index contributed by atoms with van der Waals surface area (Å²) >= 11 is 0. The molecule has 1 N–H and O–H groups in total. The number of rotatable bonds is 15. The van der Waals surface area contributed by atoms with Crippen molar-refractivity contribution >= 4 is 0 Å². The molecule has 0 rings (SSSR count). The molecule has 0 saturated heterocycles. The SMILES string of the molecule is CCCCCCCCCCCCCCC(CC)CO. The van der Waals surface area contributed by atoms with Gasteiger partial charge in [-0.2, -0.15) is 0 Å². The van der Waals surface area contributed by atoms with Gasteiger partial charge in [0.05, 0.1) is 0 Å². The Labute approximate surface area is 122 Å². The fourth-order valence-electron chi connectivity index (χ4n) is 2.70. The average molecular weight is 271 g/mol. The molecule has 1 unspecified atom stereocenters. The van der Waals surface area contributed by atoms with Gasteiger partial charge in [-0.05, 0) is 12.3 Å². The van der Waals surface area contributed by atoms with Gasteiger partial charge in [0.2, 0.25) is 0 Å². The van der Waals surface area contributed by atoms with Crippen LogP contribution in [0.5, 0.6) is 0 Å². The van der Waals surface area contributed by atoms with Crippen LogP contribution in [0, 0.1) is 5.92 Å². The molecule has 1 nitrogen and oxygen atoms in total. The van der Waals surface area contributed by atoms with Crippen LogP contribution in [0.25, 0.3) is 0 Å². The topological polar surface area (TPSA) is 20.2 Å². The molecular formula is C18H38O. The zero-order valence-electron chi connectivity index (χ0n) is 13.6. The minimum atomic E-state index is 0.383. The number of unbranched alkanes of at least 4 members (excludes halogenated alkanes) is 11. The van der Waals surface area contributed by atoms with E-state index in [0.29, 0.717) is 12.5 Å². The lowest BCUT2D eigenvalue weighted by Gasteiger charge is -2.10. The quantitative estimate of drug-likeness (QED) is 0.357. The standard InChI is InChI=1S/C18H38O/c1-3-5-6-7-8-9-10-11-12-13-14-15-16-18(4-2)17-19/h18-19H,3-17H2,1-2H3. The van der Waals surface area contributed by atoms with Crippen LogP contribution >= 0.6 is 0 Å². The fraction of sp³-hybridized carbons (Fsp3) is 1.00. The average Bonchev–Trinajstić information content (AvgIpc) is 2.44. The van der Waals surface area contributed by atoms with Crippen molar-refractivity contribution in [1.82, 2.24) is 0 Å². The molecule has 0 aromatic carbocycles. The van der Waals surface area contributed by atoms with E-state index in [2.05, 4.69) is 13.8 Å². The highest BCUT2D eigenvalue weighted by atomic mass is 16.3. The van der Waals surface area contributed by atoms with Crippen LogP contribution in [0.15, 0.2) is 0 Å². The summed E-state index contributed by atoms with van der Waals surface area (Å²) in [5.41, 5.74) is 0. The molecule has 0 aromatic heterocycles. The first-order valence-corrected chi connectivity index (χ1v) is 8.96. The lowest BCUT2D eigenvalue weighted by atomic mass is 9.98. The van der Waals surface area contributed by atoms with Crippen molar-refractivity contribution in [2.75, 3.05) is 6.61 Å². The molecule has 0 amide bonds. The molecule has 0 saturated carbocycles. The highest BCUT2D eigenvalue weighted by Gasteiger charge is 2.03. The Hall–Kier alpha value is -0.0400. The maximum absolute atomic E-state index is 9.10. The molecule has 0 aliphatic rings. The summed E-state index contributed by atoms with van der Waals surface area (Å²) < 4.78 is 0. The Kier molecular flexibility index (Phi) is 16.0. The van der Waals surface area contributed by atoms with Crippen LogP contribution in [-0.2, 0) is 0 Å². The van der Waals surface area contributed by atoms with Crippen molar-refractivity contribution in [3.05, 3.63) is 0 Å². The maximum atomic E-state index is 9.10. The van der Waals surface area contributed by atoms with Gasteiger partial charge in [-0.1, -0.05) is 97.3 Å². The monoisotopic (exact) mass is 270 g/mol. The van der Waals surface area contributed by atoms with E-state index in [-0.39, 0.29) is 0 Å². The zero-order chi connectivity index (χ0) is 14.2. The normalized spacial score (nSPS) is 12.8. The highest BCUT2D eigenvalue weighted by Crippen LogP contribution is 2.15. The van der Waals surface area contributed by atoms with Crippen LogP contribution in [0.1, 0.15) is 104 Å². The second-order valence-corrected chi connectivity index (χ2v) is 6.13. The molecule has 0 aromatic rings. The van der Waals surface area contributed by atoms with Gasteiger partial charge in [0.1, 0.15) is 0 Å². The molecule has 0 spiro atoms. The number of hydrogen-bond acceptors (Lipinski definition) is 1. The fourth-order valence-corrected chi connectivity index (χ4v) is 2.70. The van der Waals surface area contributed by atoms with E-state index in [1.807, 2.05) is 0 Å². The van der Waals surface area contributed by atoms with Crippen LogP contribution in [-0.4, -0.2) is 11.7 Å². The van der Waals surface area contributed by atoms with Gasteiger partial charge >= 0.3 is 0 Å². The summed E-state index contributed by atoms with van der Waals surface area (Å²) in [6.07, 6.45) is 19.3. The van der Waals surface area contributed by atoms with Gasteiger partial charge in [0.15, 0.2) is 0 Å². The van der Waals surface area contributed by atoms with E-state index >= 15 is 0 Å². The smallest absolute Gasteiger partial charge is 0.0459 e. The Morgan fingerprint density at radius 1 is 0.632 bits per heavy atom. The molecule has 19 heavy (non-hydrogen) atoms. The summed E-state index contributed by atoms with van der Waals surface area (Å²) in [7, 11) is 0. The van der Waals surface area contributed by atoms with Crippen molar-refractivity contribution in [2.24, 2.45) is 5.92 Å². The van der Waals surface area contributed by atoms with Gasteiger partial charge < -0.3 is 5.11 Å². The first kappa shape index (κ1) is 19.0. The number of hydrogen-bond donors (Lipinski definition) is 1. The molecule has 1 atom stereocenters. The van der Waals surface area contributed by atoms with Gasteiger partial charge in [-0.3, -0.25) is 0 Å². The molecule has 1 heteroatoms. The number of aliphatic hydroxyl groups excluding tert-OH is 1. The summed E-state index contributed by atoms with van der Waals surface area (Å²) in [5, 5.41) is 9.10. The lowest BCUT2D eigenvalue weighted by molar-refractivity contribution is 0.211. The van der Waals surface area contributed by atoms with Crippen molar-refractivity contribution < 1.29 is 5.11 Å². The molecule has 0 heterocycles. The Bertz CT molecular complexity index is 152. The number of aliphatic hydroxyl groups is 1. The van der Waals surface area contributed by atoms with E-state index in [1.54, 1.807) is 0 Å². The van der Waals surface area contributed by atoms with E-state index in [9.17, 15) is 0 Å². The molecule has 0 aliphatic heterocycles. The van der Waals surface area contributed by atoms with Crippen LogP contribution in [0.3, 0.4) is 0 Å². The minimum Gasteiger partial charge on any atom is -0.396 e. The molecule has 116 valence electrons. The molecule has 0 bridgehead atoms. The third-order valence-corrected chi connectivity index (χ3v) is 4.30. The largest absolute Gasteiger partial charge is 0.396 e. The van der Waals surface area contributed by atoms with E-state index in [0.717, 1.165) is 6.42 Å². The van der Waals surface area contributed by atoms with Crippen molar-refractivity contribution in [3.63, 3.8) is 0 Å². The first-order valence-electron chi connectivity index (χ1n) is 8.96. The summed E-state index contributed by atoms with van der Waals surface area (Å²) in [6.45, 7) is 4.85.